The van der Waals surface area contributed by atoms with Crippen LogP contribution in [0.3, 0.4) is 0 Å². The fraction of sp³-hybridized carbons (Fsp3) is 0.400. The van der Waals surface area contributed by atoms with Gasteiger partial charge in [-0.15, -0.1) is 11.8 Å². The van der Waals surface area contributed by atoms with E-state index >= 15 is 0 Å². The second-order valence-corrected chi connectivity index (χ2v) is 8.28. The molecule has 1 N–H and O–H groups in total. The zero-order chi connectivity index (χ0) is 17.6. The molecule has 130 valence electrons. The largest absolute Gasteiger partial charge is 0.455 e. The van der Waals surface area contributed by atoms with Gasteiger partial charge < -0.3 is 9.73 Å². The van der Waals surface area contributed by atoms with Gasteiger partial charge in [0.15, 0.2) is 5.76 Å². The SMILES string of the molecule is CC1=N[C@H]2c3c(oc(C(=O)NCc4cccc(C)c4)c3C)CC[C@@H]2S1. The van der Waals surface area contributed by atoms with Crippen molar-refractivity contribution in [3.8, 4) is 0 Å². The number of thioether (sulfide) groups is 1. The average Bonchev–Trinajstić information content (AvgIpc) is 3.12. The van der Waals surface area contributed by atoms with Gasteiger partial charge in [-0.1, -0.05) is 29.8 Å². The minimum atomic E-state index is -0.142. The number of benzene rings is 1. The van der Waals surface area contributed by atoms with Crippen LogP contribution in [0.2, 0.25) is 0 Å². The van der Waals surface area contributed by atoms with Crippen LogP contribution < -0.4 is 5.32 Å². The Morgan fingerprint density at radius 3 is 3.00 bits per heavy atom. The summed E-state index contributed by atoms with van der Waals surface area (Å²) in [7, 11) is 0. The zero-order valence-corrected chi connectivity index (χ0v) is 15.6. The van der Waals surface area contributed by atoms with Gasteiger partial charge in [-0.3, -0.25) is 9.79 Å². The molecular weight excluding hydrogens is 332 g/mol. The van der Waals surface area contributed by atoms with Crippen LogP contribution in [0, 0.1) is 13.8 Å². The minimum absolute atomic E-state index is 0.142. The fourth-order valence-corrected chi connectivity index (χ4v) is 4.97. The number of fused-ring (bicyclic) bond motifs is 3. The molecule has 2 aliphatic rings. The van der Waals surface area contributed by atoms with E-state index in [-0.39, 0.29) is 11.9 Å². The molecule has 1 aliphatic carbocycles. The van der Waals surface area contributed by atoms with Crippen LogP contribution in [-0.4, -0.2) is 16.2 Å². The molecule has 1 amide bonds. The van der Waals surface area contributed by atoms with Gasteiger partial charge in [0.2, 0.25) is 0 Å². The lowest BCUT2D eigenvalue weighted by Gasteiger charge is -2.22. The molecule has 0 saturated heterocycles. The third-order valence-corrected chi connectivity index (χ3v) is 6.20. The summed E-state index contributed by atoms with van der Waals surface area (Å²) in [6, 6.07) is 8.31. The summed E-state index contributed by atoms with van der Waals surface area (Å²) in [6.07, 6.45) is 1.94. The molecule has 1 aromatic heterocycles. The van der Waals surface area contributed by atoms with Crippen molar-refractivity contribution >= 4 is 22.7 Å². The molecule has 25 heavy (non-hydrogen) atoms. The number of nitrogens with one attached hydrogen (secondary N) is 1. The minimum Gasteiger partial charge on any atom is -0.455 e. The topological polar surface area (TPSA) is 54.6 Å². The molecule has 1 aromatic carbocycles. The first-order valence-electron chi connectivity index (χ1n) is 8.70. The second-order valence-electron chi connectivity index (χ2n) is 6.85. The molecule has 0 spiro atoms. The van der Waals surface area contributed by atoms with E-state index in [1.165, 1.54) is 5.56 Å². The molecular formula is C20H22N2O2S. The first-order valence-corrected chi connectivity index (χ1v) is 9.58. The number of aryl methyl sites for hydroxylation is 2. The van der Waals surface area contributed by atoms with E-state index in [1.54, 1.807) is 0 Å². The Bertz CT molecular complexity index is 869. The lowest BCUT2D eigenvalue weighted by Crippen LogP contribution is -2.23. The fourth-order valence-electron chi connectivity index (χ4n) is 3.79. The number of rotatable bonds is 3. The highest BCUT2D eigenvalue weighted by Crippen LogP contribution is 2.47. The Morgan fingerprint density at radius 1 is 1.36 bits per heavy atom. The van der Waals surface area contributed by atoms with Crippen LogP contribution in [0.1, 0.15) is 58.0 Å². The Labute approximate surface area is 152 Å². The normalized spacial score (nSPS) is 21.5. The van der Waals surface area contributed by atoms with E-state index in [9.17, 15) is 4.79 Å². The average molecular weight is 354 g/mol. The van der Waals surface area contributed by atoms with Gasteiger partial charge >= 0.3 is 0 Å². The van der Waals surface area contributed by atoms with E-state index in [4.69, 9.17) is 9.41 Å². The number of amides is 1. The van der Waals surface area contributed by atoms with Crippen molar-refractivity contribution < 1.29 is 9.21 Å². The summed E-state index contributed by atoms with van der Waals surface area (Å²) in [6.45, 7) is 6.60. The number of furan rings is 1. The Morgan fingerprint density at radius 2 is 2.20 bits per heavy atom. The summed E-state index contributed by atoms with van der Waals surface area (Å²) in [5.41, 5.74) is 4.37. The number of hydrogen-bond donors (Lipinski definition) is 1. The first-order chi connectivity index (χ1) is 12.0. The highest BCUT2D eigenvalue weighted by Gasteiger charge is 2.39. The highest BCUT2D eigenvalue weighted by molar-refractivity contribution is 8.14. The number of carbonyl (C=O) groups is 1. The maximum absolute atomic E-state index is 12.7. The molecule has 0 bridgehead atoms. The maximum Gasteiger partial charge on any atom is 0.287 e. The smallest absolute Gasteiger partial charge is 0.287 e. The summed E-state index contributed by atoms with van der Waals surface area (Å²) < 4.78 is 5.96. The van der Waals surface area contributed by atoms with Crippen LogP contribution in [0.4, 0.5) is 0 Å². The summed E-state index contributed by atoms with van der Waals surface area (Å²) in [5.74, 6) is 1.25. The van der Waals surface area contributed by atoms with Crippen LogP contribution in [0.25, 0.3) is 0 Å². The second kappa shape index (κ2) is 6.37. The van der Waals surface area contributed by atoms with E-state index in [0.717, 1.165) is 40.3 Å². The molecule has 2 atom stereocenters. The quantitative estimate of drug-likeness (QED) is 0.892. The Balaban J connectivity index is 1.55. The molecule has 2 aromatic rings. The van der Waals surface area contributed by atoms with Crippen LogP contribution >= 0.6 is 11.8 Å². The Hall–Kier alpha value is -2.01. The number of hydrogen-bond acceptors (Lipinski definition) is 4. The summed E-state index contributed by atoms with van der Waals surface area (Å²) in [5, 5.41) is 4.61. The third kappa shape index (κ3) is 3.01. The van der Waals surface area contributed by atoms with Crippen molar-refractivity contribution in [3.63, 3.8) is 0 Å². The predicted octanol–water partition coefficient (Wildman–Crippen LogP) is 4.35. The van der Waals surface area contributed by atoms with Gasteiger partial charge in [0.25, 0.3) is 5.91 Å². The Kier molecular flexibility index (Phi) is 4.20. The van der Waals surface area contributed by atoms with Crippen LogP contribution in [0.15, 0.2) is 33.7 Å². The lowest BCUT2D eigenvalue weighted by molar-refractivity contribution is 0.0920. The van der Waals surface area contributed by atoms with Gasteiger partial charge in [0.05, 0.1) is 11.1 Å². The monoisotopic (exact) mass is 354 g/mol. The first kappa shape index (κ1) is 16.5. The summed E-state index contributed by atoms with van der Waals surface area (Å²) in [4.78, 5) is 17.4. The van der Waals surface area contributed by atoms with E-state index < -0.39 is 0 Å². The van der Waals surface area contributed by atoms with Crippen LogP contribution in [-0.2, 0) is 13.0 Å². The van der Waals surface area contributed by atoms with Crippen molar-refractivity contribution in [2.75, 3.05) is 0 Å². The maximum atomic E-state index is 12.7. The van der Waals surface area contributed by atoms with E-state index in [2.05, 4.69) is 31.3 Å². The molecule has 0 radical (unpaired) electrons. The summed E-state index contributed by atoms with van der Waals surface area (Å²) >= 11 is 1.86. The van der Waals surface area contributed by atoms with Gasteiger partial charge in [0, 0.05) is 29.3 Å². The van der Waals surface area contributed by atoms with Crippen molar-refractivity contribution in [1.82, 2.24) is 5.32 Å². The number of aliphatic imine (C=N–C) groups is 1. The lowest BCUT2D eigenvalue weighted by atomic mass is 9.90. The molecule has 4 nitrogen and oxygen atoms in total. The van der Waals surface area contributed by atoms with Crippen molar-refractivity contribution in [1.29, 1.82) is 0 Å². The predicted molar refractivity (Wildman–Crippen MR) is 101 cm³/mol. The van der Waals surface area contributed by atoms with Gasteiger partial charge in [0.1, 0.15) is 5.76 Å². The highest BCUT2D eigenvalue weighted by atomic mass is 32.2. The number of carbonyl (C=O) groups excluding carboxylic acids is 1. The zero-order valence-electron chi connectivity index (χ0n) is 14.8. The molecule has 5 heteroatoms. The van der Waals surface area contributed by atoms with Crippen molar-refractivity contribution in [2.45, 2.75) is 51.4 Å². The van der Waals surface area contributed by atoms with Gasteiger partial charge in [-0.25, -0.2) is 0 Å². The molecule has 2 heterocycles. The molecule has 0 unspecified atom stereocenters. The molecule has 0 fully saturated rings. The van der Waals surface area contributed by atoms with Crippen LogP contribution in [0.5, 0.6) is 0 Å². The third-order valence-electron chi connectivity index (χ3n) is 4.96. The molecule has 4 rings (SSSR count). The molecule has 1 aliphatic heterocycles. The molecule has 0 saturated carbocycles. The number of nitrogens with zero attached hydrogens (tertiary/aromatic N) is 1. The van der Waals surface area contributed by atoms with Gasteiger partial charge in [-0.2, -0.15) is 0 Å². The van der Waals surface area contributed by atoms with Gasteiger partial charge in [-0.05, 0) is 32.8 Å². The van der Waals surface area contributed by atoms with Crippen molar-refractivity contribution in [2.24, 2.45) is 4.99 Å². The van der Waals surface area contributed by atoms with Crippen molar-refractivity contribution in [3.05, 3.63) is 58.0 Å². The van der Waals surface area contributed by atoms with E-state index in [1.807, 2.05) is 30.8 Å². The standard InChI is InChI=1S/C20H22N2O2S/c1-11-5-4-6-14(9-11)10-21-20(23)19-12(2)17-15(24-19)7-8-16-18(17)22-13(3)25-16/h4-6,9,16,18H,7-8,10H2,1-3H3,(H,21,23)/t16-,18+/m0/s1. The van der Waals surface area contributed by atoms with E-state index in [0.29, 0.717) is 17.6 Å².